The summed E-state index contributed by atoms with van der Waals surface area (Å²) in [6, 6.07) is 6.64. The van der Waals surface area contributed by atoms with Crippen molar-refractivity contribution < 1.29 is 13.2 Å². The van der Waals surface area contributed by atoms with Crippen molar-refractivity contribution in [1.82, 2.24) is 9.62 Å². The lowest BCUT2D eigenvalue weighted by atomic mass is 10.3. The quantitative estimate of drug-likeness (QED) is 0.783. The molecule has 20 heavy (non-hydrogen) atoms. The fourth-order valence-electron chi connectivity index (χ4n) is 1.64. The summed E-state index contributed by atoms with van der Waals surface area (Å²) in [7, 11) is -0.143. The van der Waals surface area contributed by atoms with Gasteiger partial charge in [-0.15, -0.1) is 0 Å². The van der Waals surface area contributed by atoms with E-state index in [2.05, 4.69) is 10.0 Å². The van der Waals surface area contributed by atoms with Gasteiger partial charge >= 0.3 is 0 Å². The Morgan fingerprint density at radius 1 is 1.25 bits per heavy atom. The van der Waals surface area contributed by atoms with Gasteiger partial charge in [0.1, 0.15) is 4.90 Å². The molecule has 0 heterocycles. The molecule has 1 aromatic rings. The minimum atomic E-state index is -3.52. The number of sulfonamides is 1. The first-order valence-electron chi connectivity index (χ1n) is 6.41. The lowest BCUT2D eigenvalue weighted by Crippen LogP contribution is -2.26. The van der Waals surface area contributed by atoms with Crippen LogP contribution in [0.3, 0.4) is 0 Å². The second-order valence-corrected chi connectivity index (χ2v) is 6.20. The number of amides is 1. The summed E-state index contributed by atoms with van der Waals surface area (Å²) in [5.74, 6) is -0.00970. The van der Waals surface area contributed by atoms with E-state index < -0.39 is 10.0 Å². The number of nitrogens with one attached hydrogen (secondary N) is 2. The lowest BCUT2D eigenvalue weighted by molar-refractivity contribution is -0.128. The van der Waals surface area contributed by atoms with Gasteiger partial charge in [0.15, 0.2) is 0 Å². The average molecular weight is 299 g/mol. The molecule has 0 radical (unpaired) electrons. The van der Waals surface area contributed by atoms with Crippen LogP contribution in [0.2, 0.25) is 0 Å². The van der Waals surface area contributed by atoms with Gasteiger partial charge in [0.2, 0.25) is 15.9 Å². The number of para-hydroxylation sites is 1. The molecule has 112 valence electrons. The molecule has 0 aliphatic rings. The number of rotatable bonds is 7. The molecule has 7 heteroatoms. The Labute approximate surface area is 120 Å². The van der Waals surface area contributed by atoms with Crippen molar-refractivity contribution in [1.29, 1.82) is 0 Å². The maximum atomic E-state index is 12.0. The molecule has 1 aromatic carbocycles. The van der Waals surface area contributed by atoms with Crippen molar-refractivity contribution in [2.24, 2.45) is 0 Å². The predicted molar refractivity (Wildman–Crippen MR) is 79.1 cm³/mol. The van der Waals surface area contributed by atoms with Crippen molar-refractivity contribution >= 4 is 21.6 Å². The van der Waals surface area contributed by atoms with Gasteiger partial charge in [0, 0.05) is 33.6 Å². The van der Waals surface area contributed by atoms with E-state index in [4.69, 9.17) is 0 Å². The lowest BCUT2D eigenvalue weighted by Gasteiger charge is -2.14. The number of nitrogens with zero attached hydrogens (tertiary/aromatic N) is 1. The van der Waals surface area contributed by atoms with E-state index in [1.807, 2.05) is 0 Å². The summed E-state index contributed by atoms with van der Waals surface area (Å²) in [5, 5.41) is 3.00. The van der Waals surface area contributed by atoms with Crippen LogP contribution in [0.25, 0.3) is 0 Å². The Balaban J connectivity index is 2.79. The van der Waals surface area contributed by atoms with Gasteiger partial charge in [-0.25, -0.2) is 13.1 Å². The van der Waals surface area contributed by atoms with Crippen LogP contribution in [-0.2, 0) is 14.8 Å². The topological polar surface area (TPSA) is 78.5 Å². The maximum absolute atomic E-state index is 12.0. The number of benzene rings is 1. The monoisotopic (exact) mass is 299 g/mol. The zero-order valence-electron chi connectivity index (χ0n) is 12.0. The number of hydrogen-bond acceptors (Lipinski definition) is 4. The molecule has 0 fully saturated rings. The molecule has 0 bridgehead atoms. The van der Waals surface area contributed by atoms with Gasteiger partial charge in [-0.3, -0.25) is 4.79 Å². The zero-order valence-corrected chi connectivity index (χ0v) is 12.8. The third-order valence-corrected chi connectivity index (χ3v) is 4.27. The molecular weight excluding hydrogens is 278 g/mol. The van der Waals surface area contributed by atoms with Gasteiger partial charge in [-0.1, -0.05) is 19.1 Å². The highest BCUT2D eigenvalue weighted by molar-refractivity contribution is 7.89. The van der Waals surface area contributed by atoms with E-state index in [9.17, 15) is 13.2 Å². The largest absolute Gasteiger partial charge is 0.383 e. The summed E-state index contributed by atoms with van der Waals surface area (Å²) < 4.78 is 26.5. The first kappa shape index (κ1) is 16.5. The number of carbonyl (C=O) groups excluding carboxylic acids is 1. The molecular formula is C13H21N3O3S. The molecule has 0 saturated carbocycles. The number of hydrogen-bond donors (Lipinski definition) is 2. The minimum absolute atomic E-state index is 0.00970. The van der Waals surface area contributed by atoms with E-state index >= 15 is 0 Å². The normalized spacial score (nSPS) is 11.2. The van der Waals surface area contributed by atoms with E-state index in [0.717, 1.165) is 0 Å². The zero-order chi connectivity index (χ0) is 15.2. The molecule has 0 atom stereocenters. The summed E-state index contributed by atoms with van der Waals surface area (Å²) in [5.41, 5.74) is 0.500. The second kappa shape index (κ2) is 7.25. The van der Waals surface area contributed by atoms with Crippen LogP contribution in [0.5, 0.6) is 0 Å². The van der Waals surface area contributed by atoms with E-state index in [-0.39, 0.29) is 10.8 Å². The first-order valence-corrected chi connectivity index (χ1v) is 7.89. The summed E-state index contributed by atoms with van der Waals surface area (Å²) >= 11 is 0. The molecule has 0 saturated heterocycles. The van der Waals surface area contributed by atoms with Crippen LogP contribution in [-0.4, -0.2) is 46.4 Å². The third kappa shape index (κ3) is 4.50. The van der Waals surface area contributed by atoms with Crippen LogP contribution in [0.15, 0.2) is 29.2 Å². The molecule has 1 amide bonds. The van der Waals surface area contributed by atoms with Gasteiger partial charge in [-0.2, -0.15) is 0 Å². The van der Waals surface area contributed by atoms with Gasteiger partial charge in [-0.05, 0) is 12.1 Å². The molecule has 0 aliphatic carbocycles. The minimum Gasteiger partial charge on any atom is -0.383 e. The number of carbonyl (C=O) groups is 1. The van der Waals surface area contributed by atoms with E-state index in [0.29, 0.717) is 25.2 Å². The van der Waals surface area contributed by atoms with Gasteiger partial charge in [0.05, 0.1) is 5.69 Å². The van der Waals surface area contributed by atoms with Crippen LogP contribution in [0.4, 0.5) is 5.69 Å². The fraction of sp³-hybridized carbons (Fsp3) is 0.462. The van der Waals surface area contributed by atoms with Crippen LogP contribution < -0.4 is 10.0 Å². The van der Waals surface area contributed by atoms with Crippen LogP contribution in [0, 0.1) is 0 Å². The first-order chi connectivity index (χ1) is 9.38. The average Bonchev–Trinajstić information content (AvgIpc) is 2.38. The second-order valence-electron chi connectivity index (χ2n) is 4.46. The summed E-state index contributed by atoms with van der Waals surface area (Å²) in [6.45, 7) is 2.44. The highest BCUT2D eigenvalue weighted by atomic mass is 32.2. The Morgan fingerprint density at radius 2 is 1.90 bits per heavy atom. The summed E-state index contributed by atoms with van der Waals surface area (Å²) in [6.07, 6.45) is 0.308. The van der Waals surface area contributed by atoms with Crippen LogP contribution >= 0.6 is 0 Å². The van der Waals surface area contributed by atoms with Crippen molar-refractivity contribution in [3.05, 3.63) is 24.3 Å². The summed E-state index contributed by atoms with van der Waals surface area (Å²) in [4.78, 5) is 13.2. The van der Waals surface area contributed by atoms with Crippen molar-refractivity contribution in [3.63, 3.8) is 0 Å². The highest BCUT2D eigenvalue weighted by Gasteiger charge is 2.16. The Kier molecular flexibility index (Phi) is 5.97. The van der Waals surface area contributed by atoms with Crippen molar-refractivity contribution in [2.45, 2.75) is 18.2 Å². The molecule has 1 rings (SSSR count). The Morgan fingerprint density at radius 3 is 2.50 bits per heavy atom. The molecule has 0 spiro atoms. The van der Waals surface area contributed by atoms with E-state index in [1.54, 1.807) is 39.2 Å². The SMILES string of the molecule is CCNS(=O)(=O)c1ccccc1NCCC(=O)N(C)C. The number of anilines is 1. The Bertz CT molecular complexity index is 556. The van der Waals surface area contributed by atoms with Crippen molar-refractivity contribution in [3.8, 4) is 0 Å². The molecule has 0 unspecified atom stereocenters. The smallest absolute Gasteiger partial charge is 0.242 e. The van der Waals surface area contributed by atoms with Crippen molar-refractivity contribution in [2.75, 3.05) is 32.5 Å². The molecule has 2 N–H and O–H groups in total. The predicted octanol–water partition coefficient (Wildman–Crippen LogP) is 0.875. The van der Waals surface area contributed by atoms with Gasteiger partial charge in [0.25, 0.3) is 0 Å². The third-order valence-electron chi connectivity index (χ3n) is 2.66. The van der Waals surface area contributed by atoms with E-state index in [1.165, 1.54) is 11.0 Å². The maximum Gasteiger partial charge on any atom is 0.242 e. The standard InChI is InChI=1S/C13H21N3O3S/c1-4-15-20(18,19)12-8-6-5-7-11(12)14-10-9-13(17)16(2)3/h5-8,14-15H,4,9-10H2,1-3H3. The highest BCUT2D eigenvalue weighted by Crippen LogP contribution is 2.20. The fourth-order valence-corrected chi connectivity index (χ4v) is 2.87. The molecule has 0 aliphatic heterocycles. The van der Waals surface area contributed by atoms with Gasteiger partial charge < -0.3 is 10.2 Å². The molecule has 6 nitrogen and oxygen atoms in total. The van der Waals surface area contributed by atoms with Crippen LogP contribution in [0.1, 0.15) is 13.3 Å². The molecule has 0 aromatic heterocycles. The Hall–Kier alpha value is -1.60.